The Morgan fingerprint density at radius 3 is 2.50 bits per heavy atom. The topological polar surface area (TPSA) is 137 Å². The van der Waals surface area contributed by atoms with Crippen molar-refractivity contribution < 1.29 is 22.7 Å². The number of fused-ring (bicyclic) bond motifs is 1. The van der Waals surface area contributed by atoms with Gasteiger partial charge < -0.3 is 9.47 Å². The summed E-state index contributed by atoms with van der Waals surface area (Å²) in [6, 6.07) is 0.341. The quantitative estimate of drug-likeness (QED) is 0.581. The van der Waals surface area contributed by atoms with E-state index in [2.05, 4.69) is 36.2 Å². The number of rotatable bonds is 5. The highest BCUT2D eigenvalue weighted by Crippen LogP contribution is 2.25. The fourth-order valence-corrected chi connectivity index (χ4v) is 4.90. The molecule has 26 heavy (non-hydrogen) atoms. The van der Waals surface area contributed by atoms with E-state index >= 15 is 0 Å². The zero-order chi connectivity index (χ0) is 18.9. The SMILES string of the molecule is COc1cc(OC)nc(NC(=O)NS(=O)(=O)c2c(Br)nc3sccn23)n1. The number of nitrogens with one attached hydrogen (secondary N) is 2. The van der Waals surface area contributed by atoms with E-state index < -0.39 is 16.1 Å². The van der Waals surface area contributed by atoms with Crippen molar-refractivity contribution in [1.29, 1.82) is 0 Å². The smallest absolute Gasteiger partial charge is 0.335 e. The summed E-state index contributed by atoms with van der Waals surface area (Å²) < 4.78 is 38.3. The summed E-state index contributed by atoms with van der Waals surface area (Å²) in [7, 11) is -1.47. The Morgan fingerprint density at radius 1 is 1.23 bits per heavy atom. The number of hydrogen-bond acceptors (Lipinski definition) is 9. The van der Waals surface area contributed by atoms with E-state index in [9.17, 15) is 13.2 Å². The molecule has 0 aliphatic rings. The molecule has 3 aromatic rings. The zero-order valence-corrected chi connectivity index (χ0v) is 16.5. The molecule has 2 amide bonds. The molecule has 0 atom stereocenters. The van der Waals surface area contributed by atoms with Crippen molar-refractivity contribution in [2.75, 3.05) is 19.5 Å². The van der Waals surface area contributed by atoms with E-state index in [0.29, 0.717) is 4.96 Å². The van der Waals surface area contributed by atoms with Crippen molar-refractivity contribution in [3.63, 3.8) is 0 Å². The molecule has 0 aliphatic heterocycles. The minimum absolute atomic E-state index is 0.0870. The number of urea groups is 1. The lowest BCUT2D eigenvalue weighted by molar-refractivity contribution is 0.256. The summed E-state index contributed by atoms with van der Waals surface area (Å²) in [6.45, 7) is 0. The number of imidazole rings is 1. The fraction of sp³-hybridized carbons (Fsp3) is 0.167. The number of carbonyl (C=O) groups is 1. The molecular formula is C12H11BrN6O5S2. The van der Waals surface area contributed by atoms with Gasteiger partial charge in [0.2, 0.25) is 17.7 Å². The van der Waals surface area contributed by atoms with Gasteiger partial charge in [-0.1, -0.05) is 0 Å². The number of carbonyl (C=O) groups excluding carboxylic acids is 1. The maximum Gasteiger partial charge on any atom is 0.335 e. The van der Waals surface area contributed by atoms with Crippen LogP contribution in [0.1, 0.15) is 0 Å². The second-order valence-corrected chi connectivity index (χ2v) is 7.82. The summed E-state index contributed by atoms with van der Waals surface area (Å²) in [5, 5.41) is 3.69. The first kappa shape index (κ1) is 18.3. The van der Waals surface area contributed by atoms with Gasteiger partial charge in [0.25, 0.3) is 10.0 Å². The van der Waals surface area contributed by atoms with Crippen LogP contribution in [0.2, 0.25) is 0 Å². The van der Waals surface area contributed by atoms with Crippen LogP contribution in [-0.2, 0) is 10.0 Å². The van der Waals surface area contributed by atoms with Crippen molar-refractivity contribution >= 4 is 54.2 Å². The molecule has 0 radical (unpaired) electrons. The molecule has 138 valence electrons. The summed E-state index contributed by atoms with van der Waals surface area (Å²) >= 11 is 4.33. The second-order valence-electron chi connectivity index (χ2n) is 4.60. The van der Waals surface area contributed by atoms with Gasteiger partial charge in [-0.25, -0.2) is 14.5 Å². The average molecular weight is 463 g/mol. The minimum Gasteiger partial charge on any atom is -0.481 e. The normalized spacial score (nSPS) is 11.3. The molecule has 3 heterocycles. The monoisotopic (exact) mass is 462 g/mol. The lowest BCUT2D eigenvalue weighted by atomic mass is 10.6. The molecule has 3 rings (SSSR count). The Hall–Kier alpha value is -2.45. The number of nitrogens with zero attached hydrogens (tertiary/aromatic N) is 4. The molecule has 14 heteroatoms. The Morgan fingerprint density at radius 2 is 1.88 bits per heavy atom. The predicted molar refractivity (Wildman–Crippen MR) is 95.2 cm³/mol. The van der Waals surface area contributed by atoms with Crippen LogP contribution in [0.25, 0.3) is 4.96 Å². The largest absolute Gasteiger partial charge is 0.481 e. The van der Waals surface area contributed by atoms with Crippen LogP contribution >= 0.6 is 27.3 Å². The average Bonchev–Trinajstić information content (AvgIpc) is 3.13. The zero-order valence-electron chi connectivity index (χ0n) is 13.3. The Kier molecular flexibility index (Phi) is 4.97. The maximum atomic E-state index is 12.5. The molecule has 11 nitrogen and oxygen atoms in total. The van der Waals surface area contributed by atoms with E-state index in [1.807, 2.05) is 4.72 Å². The Bertz CT molecular complexity index is 1060. The standard InChI is InChI=1S/C12H11BrN6O5S2/c1-23-6-5-7(24-2)15-10(14-6)17-11(20)18-26(21,22)9-8(13)16-12-19(9)3-4-25-12/h3-5H,1-2H3,(H2,14,15,17,18,20). The third-order valence-electron chi connectivity index (χ3n) is 2.98. The van der Waals surface area contributed by atoms with Gasteiger partial charge in [-0.15, -0.1) is 11.3 Å². The van der Waals surface area contributed by atoms with Gasteiger partial charge in [-0.3, -0.25) is 9.72 Å². The van der Waals surface area contributed by atoms with Crippen molar-refractivity contribution in [1.82, 2.24) is 24.1 Å². The van der Waals surface area contributed by atoms with Crippen LogP contribution in [0.3, 0.4) is 0 Å². The summed E-state index contributed by atoms with van der Waals surface area (Å²) in [5.74, 6) is 0.0731. The first-order chi connectivity index (χ1) is 12.3. The number of anilines is 1. The lowest BCUT2D eigenvalue weighted by Crippen LogP contribution is -2.35. The number of sulfonamides is 1. The van der Waals surface area contributed by atoms with Crippen molar-refractivity contribution in [2.24, 2.45) is 0 Å². The van der Waals surface area contributed by atoms with Crippen LogP contribution in [0.15, 0.2) is 27.3 Å². The van der Waals surface area contributed by atoms with Gasteiger partial charge >= 0.3 is 6.03 Å². The third kappa shape index (κ3) is 3.56. The Labute approximate surface area is 159 Å². The van der Waals surface area contributed by atoms with Gasteiger partial charge in [-0.2, -0.15) is 18.4 Å². The molecule has 0 bridgehead atoms. The number of halogens is 1. The molecule has 0 saturated carbocycles. The highest BCUT2D eigenvalue weighted by molar-refractivity contribution is 9.10. The molecule has 3 aromatic heterocycles. The Balaban J connectivity index is 1.83. The van der Waals surface area contributed by atoms with E-state index in [0.717, 1.165) is 0 Å². The summed E-state index contributed by atoms with van der Waals surface area (Å²) in [6.07, 6.45) is 1.53. The van der Waals surface area contributed by atoms with Gasteiger partial charge in [0.1, 0.15) is 4.60 Å². The van der Waals surface area contributed by atoms with Crippen LogP contribution in [-0.4, -0.2) is 48.0 Å². The van der Waals surface area contributed by atoms with E-state index in [-0.39, 0.29) is 27.3 Å². The number of amides is 2. The van der Waals surface area contributed by atoms with Gasteiger partial charge in [0.15, 0.2) is 9.99 Å². The predicted octanol–water partition coefficient (Wildman–Crippen LogP) is 1.48. The van der Waals surface area contributed by atoms with Gasteiger partial charge in [0.05, 0.1) is 20.3 Å². The van der Waals surface area contributed by atoms with E-state index in [1.165, 1.54) is 42.2 Å². The number of aromatic nitrogens is 4. The van der Waals surface area contributed by atoms with E-state index in [1.54, 1.807) is 5.38 Å². The molecule has 0 unspecified atom stereocenters. The highest BCUT2D eigenvalue weighted by atomic mass is 79.9. The number of ether oxygens (including phenoxy) is 2. The molecule has 0 fully saturated rings. The van der Waals surface area contributed by atoms with Crippen LogP contribution < -0.4 is 19.5 Å². The lowest BCUT2D eigenvalue weighted by Gasteiger charge is -2.09. The van der Waals surface area contributed by atoms with Crippen molar-refractivity contribution in [2.45, 2.75) is 5.03 Å². The molecular weight excluding hydrogens is 452 g/mol. The molecule has 0 aliphatic carbocycles. The first-order valence-corrected chi connectivity index (χ1v) is 9.91. The van der Waals surface area contributed by atoms with Crippen molar-refractivity contribution in [3.8, 4) is 11.8 Å². The van der Waals surface area contributed by atoms with Crippen LogP contribution in [0.4, 0.5) is 10.7 Å². The second kappa shape index (κ2) is 7.05. The van der Waals surface area contributed by atoms with E-state index in [4.69, 9.17) is 9.47 Å². The van der Waals surface area contributed by atoms with Crippen LogP contribution in [0, 0.1) is 0 Å². The summed E-state index contributed by atoms with van der Waals surface area (Å²) in [5.41, 5.74) is 0. The van der Waals surface area contributed by atoms with Crippen molar-refractivity contribution in [3.05, 3.63) is 22.2 Å². The molecule has 0 spiro atoms. The maximum absolute atomic E-state index is 12.5. The fourth-order valence-electron chi connectivity index (χ4n) is 1.95. The number of thiazole rings is 1. The highest BCUT2D eigenvalue weighted by Gasteiger charge is 2.27. The molecule has 0 saturated heterocycles. The first-order valence-electron chi connectivity index (χ1n) is 6.76. The molecule has 2 N–H and O–H groups in total. The summed E-state index contributed by atoms with van der Waals surface area (Å²) in [4.78, 5) is 24.4. The van der Waals surface area contributed by atoms with Gasteiger partial charge in [-0.05, 0) is 15.9 Å². The van der Waals surface area contributed by atoms with Crippen LogP contribution in [0.5, 0.6) is 11.8 Å². The minimum atomic E-state index is -4.21. The molecule has 0 aromatic carbocycles. The van der Waals surface area contributed by atoms with Gasteiger partial charge in [0, 0.05) is 11.6 Å². The number of methoxy groups -OCH3 is 2. The third-order valence-corrected chi connectivity index (χ3v) is 5.91. The number of hydrogen-bond donors (Lipinski definition) is 2.